The van der Waals surface area contributed by atoms with E-state index in [0.717, 1.165) is 0 Å². The average molecular weight is 276 g/mol. The fraction of sp³-hybridized carbons (Fsp3) is 0.556. The number of anilines is 1. The maximum absolute atomic E-state index is 11.5. The molecular formula is C9H14BrN3O2. The molecule has 0 spiro atoms. The summed E-state index contributed by atoms with van der Waals surface area (Å²) < 4.78 is 1.68. The van der Waals surface area contributed by atoms with E-state index in [2.05, 4.69) is 26.3 Å². The lowest BCUT2D eigenvalue weighted by molar-refractivity contribution is 0.183. The van der Waals surface area contributed by atoms with Gasteiger partial charge in [0, 0.05) is 13.6 Å². The summed E-state index contributed by atoms with van der Waals surface area (Å²) in [6.45, 7) is 2.30. The van der Waals surface area contributed by atoms with E-state index in [1.807, 2.05) is 6.92 Å². The Balaban J connectivity index is 2.79. The number of nitrogens with one attached hydrogen (secondary N) is 1. The molecule has 0 fully saturated rings. The van der Waals surface area contributed by atoms with Gasteiger partial charge in [0.1, 0.15) is 4.47 Å². The second-order valence-corrected chi connectivity index (χ2v) is 4.04. The highest BCUT2D eigenvalue weighted by Gasteiger charge is 2.07. The van der Waals surface area contributed by atoms with Gasteiger partial charge in [-0.15, -0.1) is 0 Å². The number of aryl methyl sites for hydroxylation is 1. The summed E-state index contributed by atoms with van der Waals surface area (Å²) >= 11 is 3.19. The van der Waals surface area contributed by atoms with E-state index in [-0.39, 0.29) is 5.56 Å². The molecule has 2 N–H and O–H groups in total. The third-order valence-electron chi connectivity index (χ3n) is 2.08. The molecule has 0 aromatic carbocycles. The summed E-state index contributed by atoms with van der Waals surface area (Å²) in [5.74, 6) is 0. The third kappa shape index (κ3) is 3.04. The van der Waals surface area contributed by atoms with Crippen LogP contribution < -0.4 is 10.9 Å². The van der Waals surface area contributed by atoms with Crippen molar-refractivity contribution >= 4 is 21.6 Å². The second-order valence-electron chi connectivity index (χ2n) is 3.24. The summed E-state index contributed by atoms with van der Waals surface area (Å²) in [4.78, 5) is 11.5. The van der Waals surface area contributed by atoms with Gasteiger partial charge in [-0.25, -0.2) is 4.68 Å². The molecule has 0 aliphatic rings. The zero-order chi connectivity index (χ0) is 11.4. The van der Waals surface area contributed by atoms with Crippen molar-refractivity contribution in [3.63, 3.8) is 0 Å². The van der Waals surface area contributed by atoms with Crippen LogP contribution in [0, 0.1) is 0 Å². The maximum atomic E-state index is 11.5. The van der Waals surface area contributed by atoms with E-state index in [4.69, 9.17) is 0 Å². The maximum Gasteiger partial charge on any atom is 0.282 e. The van der Waals surface area contributed by atoms with Crippen molar-refractivity contribution < 1.29 is 5.11 Å². The number of nitrogens with zero attached hydrogens (tertiary/aromatic N) is 2. The Morgan fingerprint density at radius 2 is 2.40 bits per heavy atom. The molecule has 1 heterocycles. The molecule has 1 unspecified atom stereocenters. The molecule has 15 heavy (non-hydrogen) atoms. The van der Waals surface area contributed by atoms with Crippen LogP contribution in [0.3, 0.4) is 0 Å². The van der Waals surface area contributed by atoms with Gasteiger partial charge in [-0.05, 0) is 22.4 Å². The lowest BCUT2D eigenvalue weighted by Gasteiger charge is -2.11. The standard InChI is InChI=1S/C9H14BrN3O2/c1-3-6(14)4-11-7-5-12-13(2)9(15)8(7)10/h5-6,11,14H,3-4H2,1-2H3. The second kappa shape index (κ2) is 5.27. The normalized spacial score (nSPS) is 12.5. The topological polar surface area (TPSA) is 67.2 Å². The summed E-state index contributed by atoms with van der Waals surface area (Å²) in [5, 5.41) is 16.2. The molecule has 1 aromatic rings. The van der Waals surface area contributed by atoms with Gasteiger partial charge >= 0.3 is 0 Å². The zero-order valence-electron chi connectivity index (χ0n) is 8.70. The molecule has 0 saturated carbocycles. The fourth-order valence-corrected chi connectivity index (χ4v) is 1.51. The van der Waals surface area contributed by atoms with Gasteiger partial charge in [0.25, 0.3) is 5.56 Å². The molecule has 0 amide bonds. The Morgan fingerprint density at radius 1 is 1.73 bits per heavy atom. The predicted molar refractivity (Wildman–Crippen MR) is 62.0 cm³/mol. The molecule has 0 bridgehead atoms. The van der Waals surface area contributed by atoms with Crippen LogP contribution in [0.15, 0.2) is 15.5 Å². The summed E-state index contributed by atoms with van der Waals surface area (Å²) in [7, 11) is 1.58. The van der Waals surface area contributed by atoms with Gasteiger partial charge in [0.05, 0.1) is 18.0 Å². The highest BCUT2D eigenvalue weighted by atomic mass is 79.9. The smallest absolute Gasteiger partial charge is 0.282 e. The van der Waals surface area contributed by atoms with Gasteiger partial charge < -0.3 is 10.4 Å². The van der Waals surface area contributed by atoms with E-state index in [9.17, 15) is 9.90 Å². The Kier molecular flexibility index (Phi) is 4.28. The number of hydrogen-bond acceptors (Lipinski definition) is 4. The van der Waals surface area contributed by atoms with Gasteiger partial charge in [0.2, 0.25) is 0 Å². The predicted octanol–water partition coefficient (Wildman–Crippen LogP) is 0.726. The van der Waals surface area contributed by atoms with Crippen LogP contribution in [-0.4, -0.2) is 27.5 Å². The highest BCUT2D eigenvalue weighted by molar-refractivity contribution is 9.10. The minimum atomic E-state index is -0.416. The highest BCUT2D eigenvalue weighted by Crippen LogP contribution is 2.15. The fourth-order valence-electron chi connectivity index (χ4n) is 1.01. The van der Waals surface area contributed by atoms with Crippen molar-refractivity contribution in [2.45, 2.75) is 19.4 Å². The quantitative estimate of drug-likeness (QED) is 0.850. The first kappa shape index (κ1) is 12.2. The minimum absolute atomic E-state index is 0.203. The molecule has 0 radical (unpaired) electrons. The molecule has 0 aliphatic carbocycles. The number of aromatic nitrogens is 2. The van der Waals surface area contributed by atoms with Crippen molar-refractivity contribution in [2.24, 2.45) is 7.05 Å². The molecule has 0 aliphatic heterocycles. The zero-order valence-corrected chi connectivity index (χ0v) is 10.3. The van der Waals surface area contributed by atoms with Crippen LogP contribution in [0.1, 0.15) is 13.3 Å². The van der Waals surface area contributed by atoms with Gasteiger partial charge in [-0.1, -0.05) is 6.92 Å². The van der Waals surface area contributed by atoms with Crippen LogP contribution >= 0.6 is 15.9 Å². The van der Waals surface area contributed by atoms with E-state index < -0.39 is 6.10 Å². The number of rotatable bonds is 4. The Bertz CT molecular complexity index is 391. The Morgan fingerprint density at radius 3 is 3.00 bits per heavy atom. The van der Waals surface area contributed by atoms with Crippen molar-refractivity contribution in [1.29, 1.82) is 0 Å². The van der Waals surface area contributed by atoms with Crippen molar-refractivity contribution in [3.8, 4) is 0 Å². The summed E-state index contributed by atoms with van der Waals surface area (Å²) in [5.41, 5.74) is 0.400. The van der Waals surface area contributed by atoms with Crippen molar-refractivity contribution in [1.82, 2.24) is 9.78 Å². The van der Waals surface area contributed by atoms with E-state index >= 15 is 0 Å². The van der Waals surface area contributed by atoms with Crippen molar-refractivity contribution in [2.75, 3.05) is 11.9 Å². The average Bonchev–Trinajstić information content (AvgIpc) is 2.24. The molecule has 1 rings (SSSR count). The van der Waals surface area contributed by atoms with Crippen LogP contribution in [0.4, 0.5) is 5.69 Å². The number of aliphatic hydroxyl groups is 1. The van der Waals surface area contributed by atoms with Crippen LogP contribution in [0.5, 0.6) is 0 Å². The van der Waals surface area contributed by atoms with Crippen LogP contribution in [0.2, 0.25) is 0 Å². The minimum Gasteiger partial charge on any atom is -0.391 e. The molecule has 1 aromatic heterocycles. The summed E-state index contributed by atoms with van der Waals surface area (Å²) in [6.07, 6.45) is 1.80. The first-order chi connectivity index (χ1) is 7.06. The SMILES string of the molecule is CCC(O)CNc1cnn(C)c(=O)c1Br. The van der Waals surface area contributed by atoms with Crippen LogP contribution in [-0.2, 0) is 7.05 Å². The van der Waals surface area contributed by atoms with Gasteiger partial charge in [-0.3, -0.25) is 4.79 Å². The number of halogens is 1. The first-order valence-corrected chi connectivity index (χ1v) is 5.49. The van der Waals surface area contributed by atoms with Crippen molar-refractivity contribution in [3.05, 3.63) is 21.0 Å². The number of hydrogen-bond donors (Lipinski definition) is 2. The molecular weight excluding hydrogens is 262 g/mol. The molecule has 6 heteroatoms. The number of aliphatic hydroxyl groups excluding tert-OH is 1. The largest absolute Gasteiger partial charge is 0.391 e. The molecule has 1 atom stereocenters. The van der Waals surface area contributed by atoms with E-state index in [1.54, 1.807) is 13.2 Å². The lowest BCUT2D eigenvalue weighted by atomic mass is 10.3. The summed E-state index contributed by atoms with van der Waals surface area (Å²) in [6, 6.07) is 0. The third-order valence-corrected chi connectivity index (χ3v) is 2.84. The monoisotopic (exact) mass is 275 g/mol. The van der Waals surface area contributed by atoms with Gasteiger partial charge in [-0.2, -0.15) is 5.10 Å². The van der Waals surface area contributed by atoms with Gasteiger partial charge in [0.15, 0.2) is 0 Å². The molecule has 84 valence electrons. The first-order valence-electron chi connectivity index (χ1n) is 4.70. The Labute approximate surface area is 96.2 Å². The Hall–Kier alpha value is -0.880. The molecule has 0 saturated heterocycles. The van der Waals surface area contributed by atoms with E-state index in [1.165, 1.54) is 4.68 Å². The molecule has 5 nitrogen and oxygen atoms in total. The van der Waals surface area contributed by atoms with E-state index in [0.29, 0.717) is 23.1 Å². The lowest BCUT2D eigenvalue weighted by Crippen LogP contribution is -2.24. The van der Waals surface area contributed by atoms with Crippen LogP contribution in [0.25, 0.3) is 0 Å².